The minimum absolute atomic E-state index is 0.0986. The number of esters is 1. The summed E-state index contributed by atoms with van der Waals surface area (Å²) in [6, 6.07) is 7.12. The van der Waals surface area contributed by atoms with Gasteiger partial charge in [0.25, 0.3) is 5.56 Å². The third kappa shape index (κ3) is 3.70. The molecule has 0 atom stereocenters. The molecular formula is C18H18N2O5S. The van der Waals surface area contributed by atoms with Gasteiger partial charge in [-0.2, -0.15) is 0 Å². The number of carbonyl (C=O) groups excluding carboxylic acids is 1. The van der Waals surface area contributed by atoms with E-state index < -0.39 is 5.97 Å². The van der Waals surface area contributed by atoms with Gasteiger partial charge in [-0.25, -0.2) is 9.78 Å². The topological polar surface area (TPSA) is 90.5 Å². The summed E-state index contributed by atoms with van der Waals surface area (Å²) >= 11 is 1.16. The Bertz CT molecular complexity index is 991. The molecule has 2 heterocycles. The predicted octanol–water partition coefficient (Wildman–Crippen LogP) is 2.85. The van der Waals surface area contributed by atoms with Crippen molar-refractivity contribution < 1.29 is 19.0 Å². The maximum Gasteiger partial charge on any atom is 0.348 e. The fourth-order valence-electron chi connectivity index (χ4n) is 2.48. The summed E-state index contributed by atoms with van der Waals surface area (Å²) in [5, 5.41) is 0.432. The van der Waals surface area contributed by atoms with Crippen molar-refractivity contribution in [3.63, 3.8) is 0 Å². The molecule has 1 aromatic carbocycles. The van der Waals surface area contributed by atoms with Crippen LogP contribution in [0.2, 0.25) is 0 Å². The first-order valence-corrected chi connectivity index (χ1v) is 8.75. The van der Waals surface area contributed by atoms with Crippen LogP contribution in [0.25, 0.3) is 10.2 Å². The number of ether oxygens (including phenoxy) is 3. The Hall–Kier alpha value is -2.87. The summed E-state index contributed by atoms with van der Waals surface area (Å²) in [6.45, 7) is 3.74. The van der Waals surface area contributed by atoms with Crippen LogP contribution in [0.1, 0.15) is 21.1 Å². The Kier molecular flexibility index (Phi) is 5.22. The lowest BCUT2D eigenvalue weighted by molar-refractivity contribution is 0.0455. The smallest absolute Gasteiger partial charge is 0.348 e. The number of hydrogen-bond donors (Lipinski definition) is 1. The number of thiophene rings is 1. The van der Waals surface area contributed by atoms with E-state index in [1.54, 1.807) is 45.2 Å². The van der Waals surface area contributed by atoms with Crippen molar-refractivity contribution in [3.8, 4) is 11.5 Å². The molecule has 0 aliphatic carbocycles. The van der Waals surface area contributed by atoms with Crippen molar-refractivity contribution in [1.29, 1.82) is 0 Å². The van der Waals surface area contributed by atoms with E-state index in [0.29, 0.717) is 32.2 Å². The molecule has 26 heavy (non-hydrogen) atoms. The SMILES string of the molecule is COc1ccc(OCCOC(=O)c2sc3nc(C)[nH]c(=O)c3c2C)cc1. The van der Waals surface area contributed by atoms with Crippen LogP contribution in [0.5, 0.6) is 11.5 Å². The van der Waals surface area contributed by atoms with Crippen molar-refractivity contribution in [2.24, 2.45) is 0 Å². The number of benzene rings is 1. The monoisotopic (exact) mass is 374 g/mol. The second-order valence-corrected chi connectivity index (χ2v) is 6.55. The zero-order valence-electron chi connectivity index (χ0n) is 14.6. The largest absolute Gasteiger partial charge is 0.497 e. The molecule has 1 N–H and O–H groups in total. The van der Waals surface area contributed by atoms with Gasteiger partial charge in [0, 0.05) is 0 Å². The van der Waals surface area contributed by atoms with Crippen LogP contribution in [0.4, 0.5) is 0 Å². The molecule has 0 amide bonds. The summed E-state index contributed by atoms with van der Waals surface area (Å²) in [7, 11) is 1.59. The number of fused-ring (bicyclic) bond motifs is 1. The van der Waals surface area contributed by atoms with E-state index in [0.717, 1.165) is 17.1 Å². The minimum Gasteiger partial charge on any atom is -0.497 e. The number of nitrogens with zero attached hydrogens (tertiary/aromatic N) is 1. The quantitative estimate of drug-likeness (QED) is 0.527. The van der Waals surface area contributed by atoms with Gasteiger partial charge in [-0.15, -0.1) is 11.3 Å². The van der Waals surface area contributed by atoms with Crippen LogP contribution in [-0.2, 0) is 4.74 Å². The van der Waals surface area contributed by atoms with Gasteiger partial charge in [-0.05, 0) is 43.7 Å². The van der Waals surface area contributed by atoms with E-state index >= 15 is 0 Å². The molecule has 0 aliphatic heterocycles. The number of aromatic amines is 1. The number of methoxy groups -OCH3 is 1. The zero-order valence-corrected chi connectivity index (χ0v) is 15.4. The summed E-state index contributed by atoms with van der Waals surface area (Å²) in [4.78, 5) is 32.2. The molecule has 7 nitrogen and oxygen atoms in total. The normalized spacial score (nSPS) is 10.7. The summed E-state index contributed by atoms with van der Waals surface area (Å²) in [6.07, 6.45) is 0. The first kappa shape index (κ1) is 17.9. The fraction of sp³-hybridized carbons (Fsp3) is 0.278. The first-order valence-electron chi connectivity index (χ1n) is 7.93. The van der Waals surface area contributed by atoms with Crippen LogP contribution in [0, 0.1) is 13.8 Å². The molecule has 0 saturated carbocycles. The number of rotatable bonds is 6. The lowest BCUT2D eigenvalue weighted by Crippen LogP contribution is -2.13. The lowest BCUT2D eigenvalue weighted by Gasteiger charge is -2.07. The molecule has 8 heteroatoms. The predicted molar refractivity (Wildman–Crippen MR) is 98.5 cm³/mol. The Morgan fingerprint density at radius 2 is 1.85 bits per heavy atom. The van der Waals surface area contributed by atoms with Crippen LogP contribution < -0.4 is 15.0 Å². The highest BCUT2D eigenvalue weighted by Crippen LogP contribution is 2.27. The number of hydrogen-bond acceptors (Lipinski definition) is 7. The summed E-state index contributed by atoms with van der Waals surface area (Å²) < 4.78 is 15.8. The van der Waals surface area contributed by atoms with E-state index in [4.69, 9.17) is 14.2 Å². The lowest BCUT2D eigenvalue weighted by atomic mass is 10.2. The average molecular weight is 374 g/mol. The van der Waals surface area contributed by atoms with Crippen molar-refractivity contribution in [2.45, 2.75) is 13.8 Å². The van der Waals surface area contributed by atoms with Gasteiger partial charge in [-0.1, -0.05) is 0 Å². The molecule has 0 aliphatic rings. The second kappa shape index (κ2) is 7.57. The highest BCUT2D eigenvalue weighted by atomic mass is 32.1. The van der Waals surface area contributed by atoms with Gasteiger partial charge in [0.05, 0.1) is 12.5 Å². The van der Waals surface area contributed by atoms with Crippen LogP contribution >= 0.6 is 11.3 Å². The second-order valence-electron chi connectivity index (χ2n) is 5.55. The molecule has 0 spiro atoms. The van der Waals surface area contributed by atoms with Gasteiger partial charge in [-0.3, -0.25) is 4.79 Å². The Labute approximate surface area is 153 Å². The van der Waals surface area contributed by atoms with E-state index in [9.17, 15) is 9.59 Å². The molecule has 0 fully saturated rings. The Morgan fingerprint density at radius 3 is 2.54 bits per heavy atom. The van der Waals surface area contributed by atoms with Gasteiger partial charge in [0.15, 0.2) is 0 Å². The highest BCUT2D eigenvalue weighted by molar-refractivity contribution is 7.20. The van der Waals surface area contributed by atoms with Crippen molar-refractivity contribution in [2.75, 3.05) is 20.3 Å². The molecule has 3 rings (SSSR count). The van der Waals surface area contributed by atoms with Crippen molar-refractivity contribution in [1.82, 2.24) is 9.97 Å². The third-order valence-electron chi connectivity index (χ3n) is 3.75. The molecular weight excluding hydrogens is 356 g/mol. The molecule has 0 radical (unpaired) electrons. The number of carbonyl (C=O) groups is 1. The Morgan fingerprint density at radius 1 is 1.15 bits per heavy atom. The third-order valence-corrected chi connectivity index (χ3v) is 4.91. The van der Waals surface area contributed by atoms with Crippen LogP contribution in [0.3, 0.4) is 0 Å². The summed E-state index contributed by atoms with van der Waals surface area (Å²) in [5.41, 5.74) is 0.336. The van der Waals surface area contributed by atoms with Gasteiger partial charge in [0.2, 0.25) is 0 Å². The maximum absolute atomic E-state index is 12.3. The molecule has 0 saturated heterocycles. The fourth-order valence-corrected chi connectivity index (χ4v) is 3.60. The number of nitrogens with one attached hydrogen (secondary N) is 1. The van der Waals surface area contributed by atoms with Crippen LogP contribution in [0.15, 0.2) is 29.1 Å². The zero-order chi connectivity index (χ0) is 18.7. The first-order chi connectivity index (χ1) is 12.5. The van der Waals surface area contributed by atoms with E-state index in [-0.39, 0.29) is 18.8 Å². The molecule has 0 bridgehead atoms. The van der Waals surface area contributed by atoms with E-state index in [1.807, 2.05) is 0 Å². The van der Waals surface area contributed by atoms with Crippen molar-refractivity contribution in [3.05, 3.63) is 50.9 Å². The van der Waals surface area contributed by atoms with Gasteiger partial charge in [0.1, 0.15) is 40.2 Å². The van der Waals surface area contributed by atoms with Gasteiger partial charge >= 0.3 is 5.97 Å². The molecule has 136 valence electrons. The minimum atomic E-state index is -0.485. The van der Waals surface area contributed by atoms with Gasteiger partial charge < -0.3 is 19.2 Å². The average Bonchev–Trinajstić information content (AvgIpc) is 2.95. The standard InChI is InChI=1S/C18H18N2O5S/c1-10-14-16(21)19-11(2)20-17(14)26-15(10)18(22)25-9-8-24-13-6-4-12(23-3)5-7-13/h4-7H,8-9H2,1-3H3,(H,19,20,21). The summed E-state index contributed by atoms with van der Waals surface area (Å²) in [5.74, 6) is 1.42. The van der Waals surface area contributed by atoms with Crippen LogP contribution in [-0.4, -0.2) is 36.3 Å². The van der Waals surface area contributed by atoms with E-state index in [1.165, 1.54) is 0 Å². The number of aryl methyl sites for hydroxylation is 2. The number of H-pyrrole nitrogens is 1. The Balaban J connectivity index is 1.61. The van der Waals surface area contributed by atoms with Crippen molar-refractivity contribution >= 4 is 27.5 Å². The number of aromatic nitrogens is 2. The molecule has 3 aromatic rings. The van der Waals surface area contributed by atoms with E-state index in [2.05, 4.69) is 9.97 Å². The molecule has 0 unspecified atom stereocenters. The molecule has 2 aromatic heterocycles. The maximum atomic E-state index is 12.3. The highest BCUT2D eigenvalue weighted by Gasteiger charge is 2.20.